The van der Waals surface area contributed by atoms with Crippen molar-refractivity contribution in [3.05, 3.63) is 0 Å². The summed E-state index contributed by atoms with van der Waals surface area (Å²) in [5, 5.41) is 0. The van der Waals surface area contributed by atoms with Gasteiger partial charge < -0.3 is 10.6 Å². The summed E-state index contributed by atoms with van der Waals surface area (Å²) >= 11 is 0. The van der Waals surface area contributed by atoms with Crippen molar-refractivity contribution in [1.82, 2.24) is 0 Å². The van der Waals surface area contributed by atoms with Crippen molar-refractivity contribution in [1.29, 1.82) is 0 Å². The predicted molar refractivity (Wildman–Crippen MR) is 51.5 cm³/mol. The molecule has 0 aromatic heterocycles. The van der Waals surface area contributed by atoms with Crippen LogP contribution in [0.2, 0.25) is 0 Å². The molecule has 0 spiro atoms. The van der Waals surface area contributed by atoms with Crippen LogP contribution in [0.15, 0.2) is 0 Å². The number of hydrogen-bond acceptors (Lipinski definition) is 3. The van der Waals surface area contributed by atoms with Gasteiger partial charge in [-0.05, 0) is 19.3 Å². The molecular weight excluding hydrogens is 264 g/mol. The Balaban J connectivity index is 0. The van der Waals surface area contributed by atoms with Gasteiger partial charge in [0.1, 0.15) is 0 Å². The maximum absolute atomic E-state index is 5.57. The molecular formula is C5H14Br2N2O. The smallest absolute Gasteiger partial charge is 0.0802 e. The SMILES string of the molecule is Br.Br.NOC1CCC(N)C1. The normalized spacial score (nSPS) is 30.6. The second kappa shape index (κ2) is 6.54. The molecule has 5 heteroatoms. The van der Waals surface area contributed by atoms with Crippen molar-refractivity contribution >= 4 is 34.0 Å². The second-order valence-corrected chi connectivity index (χ2v) is 2.33. The zero-order chi connectivity index (χ0) is 5.98. The van der Waals surface area contributed by atoms with Crippen LogP contribution >= 0.6 is 34.0 Å². The van der Waals surface area contributed by atoms with E-state index in [1.807, 2.05) is 0 Å². The number of halogens is 2. The highest BCUT2D eigenvalue weighted by Gasteiger charge is 2.21. The lowest BCUT2D eigenvalue weighted by Gasteiger charge is -2.03. The van der Waals surface area contributed by atoms with E-state index in [2.05, 4.69) is 4.84 Å². The molecule has 4 N–H and O–H groups in total. The molecule has 0 bridgehead atoms. The molecule has 2 atom stereocenters. The van der Waals surface area contributed by atoms with E-state index in [0.717, 1.165) is 19.3 Å². The molecule has 1 aliphatic carbocycles. The molecule has 1 rings (SSSR count). The summed E-state index contributed by atoms with van der Waals surface area (Å²) in [7, 11) is 0. The van der Waals surface area contributed by atoms with Crippen LogP contribution < -0.4 is 11.6 Å². The van der Waals surface area contributed by atoms with Crippen LogP contribution in [0, 0.1) is 0 Å². The molecule has 1 saturated carbocycles. The van der Waals surface area contributed by atoms with Crippen LogP contribution in [-0.4, -0.2) is 12.1 Å². The Hall–Kier alpha value is 0.840. The Morgan fingerprint density at radius 2 is 1.80 bits per heavy atom. The third-order valence-electron chi connectivity index (χ3n) is 1.62. The van der Waals surface area contributed by atoms with Gasteiger partial charge in [0.05, 0.1) is 6.10 Å². The Kier molecular flexibility index (Phi) is 8.79. The third-order valence-corrected chi connectivity index (χ3v) is 1.62. The van der Waals surface area contributed by atoms with Gasteiger partial charge in [0.25, 0.3) is 0 Å². The number of nitrogens with two attached hydrogens (primary N) is 2. The highest BCUT2D eigenvalue weighted by molar-refractivity contribution is 8.93. The summed E-state index contributed by atoms with van der Waals surface area (Å²) in [6, 6.07) is 0.323. The van der Waals surface area contributed by atoms with Crippen molar-refractivity contribution < 1.29 is 4.84 Å². The van der Waals surface area contributed by atoms with Gasteiger partial charge in [0.2, 0.25) is 0 Å². The fourth-order valence-electron chi connectivity index (χ4n) is 1.10. The van der Waals surface area contributed by atoms with Gasteiger partial charge in [0, 0.05) is 6.04 Å². The Morgan fingerprint density at radius 3 is 2.00 bits per heavy atom. The fraction of sp³-hybridized carbons (Fsp3) is 1.00. The number of hydrogen-bond donors (Lipinski definition) is 2. The van der Waals surface area contributed by atoms with E-state index in [1.54, 1.807) is 0 Å². The molecule has 0 aliphatic heterocycles. The zero-order valence-electron chi connectivity index (χ0n) is 5.66. The van der Waals surface area contributed by atoms with Crippen molar-refractivity contribution in [2.75, 3.05) is 0 Å². The minimum atomic E-state index is 0. The van der Waals surface area contributed by atoms with Crippen molar-refractivity contribution in [3.63, 3.8) is 0 Å². The van der Waals surface area contributed by atoms with Crippen LogP contribution in [0.5, 0.6) is 0 Å². The minimum absolute atomic E-state index is 0. The summed E-state index contributed by atoms with van der Waals surface area (Å²) in [6.45, 7) is 0. The first kappa shape index (κ1) is 13.4. The first-order valence-corrected chi connectivity index (χ1v) is 2.94. The zero-order valence-corrected chi connectivity index (χ0v) is 9.08. The quantitative estimate of drug-likeness (QED) is 0.701. The van der Waals surface area contributed by atoms with Crippen molar-refractivity contribution in [3.8, 4) is 0 Å². The van der Waals surface area contributed by atoms with Gasteiger partial charge in [0.15, 0.2) is 0 Å². The Morgan fingerprint density at radius 1 is 1.20 bits per heavy atom. The van der Waals surface area contributed by atoms with Gasteiger partial charge >= 0.3 is 0 Å². The van der Waals surface area contributed by atoms with E-state index in [0.29, 0.717) is 6.04 Å². The summed E-state index contributed by atoms with van der Waals surface area (Å²) in [5.41, 5.74) is 5.57. The Bertz CT molecular complexity index is 84.0. The predicted octanol–water partition coefficient (Wildman–Crippen LogP) is 0.912. The monoisotopic (exact) mass is 276 g/mol. The van der Waals surface area contributed by atoms with Crippen molar-refractivity contribution in [2.45, 2.75) is 31.4 Å². The first-order chi connectivity index (χ1) is 3.83. The van der Waals surface area contributed by atoms with Gasteiger partial charge in [-0.2, -0.15) is 0 Å². The molecule has 0 heterocycles. The molecule has 3 nitrogen and oxygen atoms in total. The van der Waals surface area contributed by atoms with Crippen LogP contribution in [0.1, 0.15) is 19.3 Å². The summed E-state index contributed by atoms with van der Waals surface area (Å²) < 4.78 is 0. The molecule has 0 aromatic carbocycles. The maximum atomic E-state index is 5.57. The van der Waals surface area contributed by atoms with Crippen LogP contribution in [0.4, 0.5) is 0 Å². The molecule has 1 aliphatic rings. The molecule has 0 aromatic rings. The van der Waals surface area contributed by atoms with E-state index < -0.39 is 0 Å². The fourth-order valence-corrected chi connectivity index (χ4v) is 1.10. The lowest BCUT2D eigenvalue weighted by atomic mass is 10.3. The molecule has 2 unspecified atom stereocenters. The summed E-state index contributed by atoms with van der Waals surface area (Å²) in [6.07, 6.45) is 3.24. The summed E-state index contributed by atoms with van der Waals surface area (Å²) in [5.74, 6) is 4.94. The molecule has 0 amide bonds. The first-order valence-electron chi connectivity index (χ1n) is 2.94. The van der Waals surface area contributed by atoms with Gasteiger partial charge in [-0.3, -0.25) is 0 Å². The van der Waals surface area contributed by atoms with E-state index in [1.165, 1.54) is 0 Å². The summed E-state index contributed by atoms with van der Waals surface area (Å²) in [4.78, 5) is 4.60. The molecule has 1 fully saturated rings. The van der Waals surface area contributed by atoms with Gasteiger partial charge in [-0.1, -0.05) is 0 Å². The largest absolute Gasteiger partial charge is 0.328 e. The average Bonchev–Trinajstić information content (AvgIpc) is 2.14. The molecule has 0 saturated heterocycles. The minimum Gasteiger partial charge on any atom is -0.328 e. The lowest BCUT2D eigenvalue weighted by molar-refractivity contribution is 0.0579. The average molecular weight is 278 g/mol. The van der Waals surface area contributed by atoms with Crippen LogP contribution in [-0.2, 0) is 4.84 Å². The second-order valence-electron chi connectivity index (χ2n) is 2.33. The third kappa shape index (κ3) is 3.88. The van der Waals surface area contributed by atoms with E-state index in [-0.39, 0.29) is 40.1 Å². The maximum Gasteiger partial charge on any atom is 0.0802 e. The molecule has 64 valence electrons. The van der Waals surface area contributed by atoms with Gasteiger partial charge in [-0.15, -0.1) is 34.0 Å². The molecule has 0 radical (unpaired) electrons. The van der Waals surface area contributed by atoms with Gasteiger partial charge in [-0.25, -0.2) is 5.90 Å². The van der Waals surface area contributed by atoms with Crippen LogP contribution in [0.25, 0.3) is 0 Å². The van der Waals surface area contributed by atoms with E-state index in [4.69, 9.17) is 11.6 Å². The Labute approximate surface area is 82.0 Å². The van der Waals surface area contributed by atoms with E-state index in [9.17, 15) is 0 Å². The highest BCUT2D eigenvalue weighted by Crippen LogP contribution is 2.18. The topological polar surface area (TPSA) is 61.3 Å². The lowest BCUT2D eigenvalue weighted by Crippen LogP contribution is -2.19. The highest BCUT2D eigenvalue weighted by atomic mass is 79.9. The molecule has 10 heavy (non-hydrogen) atoms. The number of rotatable bonds is 1. The van der Waals surface area contributed by atoms with Crippen LogP contribution in [0.3, 0.4) is 0 Å². The van der Waals surface area contributed by atoms with E-state index >= 15 is 0 Å². The standard InChI is InChI=1S/C5H12N2O.2BrH/c6-4-1-2-5(3-4)8-7;;/h4-5H,1-3,6-7H2;2*1H. The van der Waals surface area contributed by atoms with Crippen molar-refractivity contribution in [2.24, 2.45) is 11.6 Å².